The number of ether oxygens (including phenoxy) is 1. The van der Waals surface area contributed by atoms with Crippen LogP contribution in [-0.2, 0) is 0 Å². The maximum atomic E-state index is 6.43. The zero-order valence-electron chi connectivity index (χ0n) is 18.9. The van der Waals surface area contributed by atoms with Gasteiger partial charge in [0.2, 0.25) is 5.88 Å². The van der Waals surface area contributed by atoms with Crippen molar-refractivity contribution in [3.63, 3.8) is 0 Å². The van der Waals surface area contributed by atoms with Crippen LogP contribution in [0, 0.1) is 6.92 Å². The Labute approximate surface area is 211 Å². The van der Waals surface area contributed by atoms with E-state index in [-0.39, 0.29) is 12.1 Å². The van der Waals surface area contributed by atoms with Gasteiger partial charge in [-0.05, 0) is 47.0 Å². The number of rotatable bonds is 2. The Morgan fingerprint density at radius 1 is 0.914 bits per heavy atom. The quantitative estimate of drug-likeness (QED) is 0.323. The highest BCUT2D eigenvalue weighted by Gasteiger charge is 2.41. The van der Waals surface area contributed by atoms with E-state index >= 15 is 0 Å². The van der Waals surface area contributed by atoms with Gasteiger partial charge in [-0.3, -0.25) is 0 Å². The highest BCUT2D eigenvalue weighted by atomic mass is 79.9. The van der Waals surface area contributed by atoms with E-state index in [9.17, 15) is 0 Å². The summed E-state index contributed by atoms with van der Waals surface area (Å²) in [5.41, 5.74) is 9.11. The van der Waals surface area contributed by atoms with Crippen molar-refractivity contribution >= 4 is 38.9 Å². The van der Waals surface area contributed by atoms with Gasteiger partial charge in [-0.15, -0.1) is 0 Å². The first-order valence-electron chi connectivity index (χ1n) is 11.6. The third-order valence-corrected chi connectivity index (χ3v) is 7.29. The molecule has 0 saturated heterocycles. The minimum atomic E-state index is -0.187. The third kappa shape index (κ3) is 3.32. The van der Waals surface area contributed by atoms with Crippen LogP contribution < -0.4 is 10.2 Å². The molecule has 1 N–H and O–H groups in total. The van der Waals surface area contributed by atoms with Crippen LogP contribution in [0.25, 0.3) is 10.8 Å². The molecular weight excluding hydrogens is 500 g/mol. The van der Waals surface area contributed by atoms with Crippen LogP contribution in [0.3, 0.4) is 0 Å². The van der Waals surface area contributed by atoms with Crippen molar-refractivity contribution < 1.29 is 4.74 Å². The molecule has 3 heterocycles. The summed E-state index contributed by atoms with van der Waals surface area (Å²) < 4.78 is 7.49. The number of fused-ring (bicyclic) bond motifs is 5. The molecule has 170 valence electrons. The summed E-state index contributed by atoms with van der Waals surface area (Å²) in [5.74, 6) is 2.20. The van der Waals surface area contributed by atoms with Crippen molar-refractivity contribution in [1.82, 2.24) is 10.4 Å². The van der Waals surface area contributed by atoms with Gasteiger partial charge in [0.15, 0.2) is 5.84 Å². The lowest BCUT2D eigenvalue weighted by molar-refractivity contribution is 0.377. The second kappa shape index (κ2) is 7.90. The minimum absolute atomic E-state index is 0.0748. The van der Waals surface area contributed by atoms with Crippen molar-refractivity contribution in [3.05, 3.63) is 123 Å². The zero-order valence-corrected chi connectivity index (χ0v) is 20.5. The summed E-state index contributed by atoms with van der Waals surface area (Å²) in [5, 5.41) is 4.25. The van der Waals surface area contributed by atoms with Crippen LogP contribution in [0.1, 0.15) is 34.3 Å². The largest absolute Gasteiger partial charge is 0.438 e. The molecule has 0 bridgehead atoms. The van der Waals surface area contributed by atoms with E-state index in [2.05, 4.69) is 95.0 Å². The molecule has 4 aromatic rings. The van der Waals surface area contributed by atoms with Crippen molar-refractivity contribution in [3.8, 4) is 5.75 Å². The predicted octanol–water partition coefficient (Wildman–Crippen LogP) is 6.61. The number of halogens is 1. The van der Waals surface area contributed by atoms with Crippen LogP contribution in [0.5, 0.6) is 5.75 Å². The molecule has 0 aromatic heterocycles. The second-order valence-electron chi connectivity index (χ2n) is 9.02. The molecule has 3 aliphatic heterocycles. The minimum Gasteiger partial charge on any atom is -0.438 e. The maximum Gasteiger partial charge on any atom is 0.228 e. The lowest BCUT2D eigenvalue weighted by atomic mass is 9.79. The lowest BCUT2D eigenvalue weighted by Gasteiger charge is -2.34. The number of aryl methyl sites for hydroxylation is 1. The first-order chi connectivity index (χ1) is 17.2. The fourth-order valence-corrected chi connectivity index (χ4v) is 5.50. The number of hydrogen-bond donors (Lipinski definition) is 1. The summed E-state index contributed by atoms with van der Waals surface area (Å²) in [6.45, 7) is 2.11. The van der Waals surface area contributed by atoms with Crippen LogP contribution in [-0.4, -0.2) is 17.2 Å². The summed E-state index contributed by atoms with van der Waals surface area (Å²) in [4.78, 5) is 9.84. The van der Waals surface area contributed by atoms with Crippen LogP contribution in [0.4, 0.5) is 0 Å². The molecule has 0 aliphatic carbocycles. The average Bonchev–Trinajstić information content (AvgIpc) is 3.33. The summed E-state index contributed by atoms with van der Waals surface area (Å²) in [6, 6.07) is 29.6. The molecule has 2 atom stereocenters. The molecule has 0 spiro atoms. The smallest absolute Gasteiger partial charge is 0.228 e. The molecule has 4 aromatic carbocycles. The highest BCUT2D eigenvalue weighted by Crippen LogP contribution is 2.49. The molecule has 5 nitrogen and oxygen atoms in total. The van der Waals surface area contributed by atoms with E-state index < -0.39 is 0 Å². The van der Waals surface area contributed by atoms with Gasteiger partial charge in [-0.1, -0.05) is 88.2 Å². The van der Waals surface area contributed by atoms with Gasteiger partial charge in [0.25, 0.3) is 0 Å². The molecule has 0 unspecified atom stereocenters. The zero-order chi connectivity index (χ0) is 23.5. The molecule has 0 amide bonds. The van der Waals surface area contributed by atoms with Crippen LogP contribution in [0.15, 0.2) is 111 Å². The molecule has 0 radical (unpaired) electrons. The molecule has 0 fully saturated rings. The van der Waals surface area contributed by atoms with Gasteiger partial charge < -0.3 is 4.74 Å². The molecule has 7 rings (SSSR count). The second-order valence-corrected chi connectivity index (χ2v) is 9.93. The topological polar surface area (TPSA) is 49.2 Å². The van der Waals surface area contributed by atoms with Crippen LogP contribution >= 0.6 is 15.9 Å². The Balaban J connectivity index is 1.46. The fraction of sp³-hybridized carbons (Fsp3) is 0.103. The number of amidine groups is 1. The molecule has 0 saturated carbocycles. The monoisotopic (exact) mass is 520 g/mol. The summed E-state index contributed by atoms with van der Waals surface area (Å²) >= 11 is 3.62. The number of hydrogen-bond acceptors (Lipinski definition) is 5. The Hall–Kier alpha value is -3.74. The number of hydrazine groups is 1. The Kier molecular flexibility index (Phi) is 4.65. The van der Waals surface area contributed by atoms with Gasteiger partial charge in [0.1, 0.15) is 18.3 Å². The first-order valence-corrected chi connectivity index (χ1v) is 12.4. The van der Waals surface area contributed by atoms with Crippen molar-refractivity contribution in [2.45, 2.75) is 19.0 Å². The molecule has 35 heavy (non-hydrogen) atoms. The van der Waals surface area contributed by atoms with E-state index in [0.29, 0.717) is 5.88 Å². The van der Waals surface area contributed by atoms with E-state index in [0.717, 1.165) is 43.5 Å². The Morgan fingerprint density at radius 2 is 1.74 bits per heavy atom. The highest BCUT2D eigenvalue weighted by molar-refractivity contribution is 9.10. The van der Waals surface area contributed by atoms with Gasteiger partial charge in [0, 0.05) is 16.0 Å². The fourth-order valence-electron chi connectivity index (χ4n) is 5.12. The number of nitrogens with one attached hydrogen (secondary N) is 1. The number of aliphatic imine (C=N–C) groups is 2. The van der Waals surface area contributed by atoms with E-state index in [1.807, 2.05) is 23.2 Å². The Morgan fingerprint density at radius 3 is 2.57 bits per heavy atom. The van der Waals surface area contributed by atoms with Crippen molar-refractivity contribution in [2.75, 3.05) is 0 Å². The van der Waals surface area contributed by atoms with Gasteiger partial charge >= 0.3 is 0 Å². The standard InChI is InChI=1S/C29H21BrN4O/c1-17-7-9-18(10-8-17)24-25-22-13-12-21(30)15-20(22)11-14-23(25)35-29-26(24)28-32-27(33-34(28)16-31-29)19-5-3-2-4-6-19/h2-16,24,27,33H,1H3/t24-,27+/m1/s1. The lowest BCUT2D eigenvalue weighted by Crippen LogP contribution is -2.42. The average molecular weight is 521 g/mol. The van der Waals surface area contributed by atoms with E-state index in [1.165, 1.54) is 11.1 Å². The van der Waals surface area contributed by atoms with E-state index in [4.69, 9.17) is 14.7 Å². The normalized spacial score (nSPS) is 20.3. The number of benzene rings is 4. The van der Waals surface area contributed by atoms with Gasteiger partial charge in [0.05, 0.1) is 5.57 Å². The SMILES string of the molecule is Cc1ccc([C@H]2C3=C(N=CN4N[C@@H](c5ccccc5)N=C34)Oc3ccc4cc(Br)ccc4c32)cc1. The van der Waals surface area contributed by atoms with Gasteiger partial charge in [-0.2, -0.15) is 5.43 Å². The first kappa shape index (κ1) is 20.6. The van der Waals surface area contributed by atoms with Gasteiger partial charge in [-0.25, -0.2) is 15.0 Å². The molecular formula is C29H21BrN4O. The van der Waals surface area contributed by atoms with E-state index in [1.54, 1.807) is 6.34 Å². The number of nitrogens with zero attached hydrogens (tertiary/aromatic N) is 3. The molecule has 6 heteroatoms. The third-order valence-electron chi connectivity index (χ3n) is 6.80. The molecule has 3 aliphatic rings. The summed E-state index contributed by atoms with van der Waals surface area (Å²) in [6.07, 6.45) is 1.57. The van der Waals surface area contributed by atoms with Crippen LogP contribution in [0.2, 0.25) is 0 Å². The maximum absolute atomic E-state index is 6.43. The van der Waals surface area contributed by atoms with Crippen molar-refractivity contribution in [1.29, 1.82) is 0 Å². The summed E-state index contributed by atoms with van der Waals surface area (Å²) in [7, 11) is 0. The predicted molar refractivity (Wildman–Crippen MR) is 142 cm³/mol. The van der Waals surface area contributed by atoms with Crippen molar-refractivity contribution in [2.24, 2.45) is 9.98 Å². The Bertz CT molecular complexity index is 1570.